The van der Waals surface area contributed by atoms with Crippen molar-refractivity contribution < 1.29 is 29.4 Å². The lowest BCUT2D eigenvalue weighted by Gasteiger charge is -2.32. The van der Waals surface area contributed by atoms with Gasteiger partial charge in [0.2, 0.25) is 23.6 Å². The molecule has 160 valence electrons. The van der Waals surface area contributed by atoms with Gasteiger partial charge in [0.1, 0.15) is 24.2 Å². The first-order valence-electron chi connectivity index (χ1n) is 9.44. The first-order valence-corrected chi connectivity index (χ1v) is 9.44. The monoisotopic (exact) mass is 400 g/mol. The van der Waals surface area contributed by atoms with Gasteiger partial charge in [0.25, 0.3) is 0 Å². The van der Waals surface area contributed by atoms with Crippen LogP contribution in [0.15, 0.2) is 0 Å². The highest BCUT2D eigenvalue weighted by Crippen LogP contribution is 2.09. The van der Waals surface area contributed by atoms with Gasteiger partial charge in [-0.2, -0.15) is 0 Å². The summed E-state index contributed by atoms with van der Waals surface area (Å²) in [6, 6.07) is -4.65. The van der Waals surface area contributed by atoms with Gasteiger partial charge >= 0.3 is 0 Å². The molecule has 0 bridgehead atoms. The van der Waals surface area contributed by atoms with Gasteiger partial charge < -0.3 is 31.5 Å². The maximum atomic E-state index is 12.7. The van der Waals surface area contributed by atoms with Crippen LogP contribution in [0.4, 0.5) is 0 Å². The van der Waals surface area contributed by atoms with Crippen LogP contribution in [-0.2, 0) is 19.2 Å². The van der Waals surface area contributed by atoms with Crippen molar-refractivity contribution >= 4 is 23.6 Å². The van der Waals surface area contributed by atoms with E-state index in [4.69, 9.17) is 0 Å². The molecule has 10 nitrogen and oxygen atoms in total. The van der Waals surface area contributed by atoms with E-state index in [0.717, 1.165) is 0 Å². The van der Waals surface area contributed by atoms with Crippen molar-refractivity contribution in [2.24, 2.45) is 11.8 Å². The van der Waals surface area contributed by atoms with Gasteiger partial charge in [0.05, 0.1) is 12.2 Å². The van der Waals surface area contributed by atoms with Gasteiger partial charge in [-0.15, -0.1) is 0 Å². The highest BCUT2D eigenvalue weighted by molar-refractivity contribution is 5.98. The predicted molar refractivity (Wildman–Crippen MR) is 101 cm³/mol. The Kier molecular flexibility index (Phi) is 8.37. The summed E-state index contributed by atoms with van der Waals surface area (Å²) in [5, 5.41) is 29.8. The second-order valence-corrected chi connectivity index (χ2v) is 7.91. The van der Waals surface area contributed by atoms with Crippen LogP contribution in [0.25, 0.3) is 0 Å². The maximum Gasteiger partial charge on any atom is 0.245 e. The molecule has 0 radical (unpaired) electrons. The molecular weight excluding hydrogens is 368 g/mol. The number of amides is 4. The molecule has 1 fully saturated rings. The molecule has 0 saturated carbocycles. The summed E-state index contributed by atoms with van der Waals surface area (Å²) in [4.78, 5) is 50.6. The van der Waals surface area contributed by atoms with Gasteiger partial charge in [-0.05, 0) is 25.7 Å². The lowest BCUT2D eigenvalue weighted by molar-refractivity contribution is -0.140. The Bertz CT molecular complexity index is 501. The molecule has 0 unspecified atom stereocenters. The SMILES string of the molecule is CC(C)[C@@H]1NC(=O)[C@H]([C@@H](C)O)NC(=O)[C@H](C(C)C)NC(=O)[C@H]([C@@H](C)O)NC1=O. The number of carbonyl (C=O) groups is 4. The van der Waals surface area contributed by atoms with Gasteiger partial charge in [0.15, 0.2) is 0 Å². The molecule has 0 aromatic heterocycles. The molecule has 1 aliphatic heterocycles. The summed E-state index contributed by atoms with van der Waals surface area (Å²) in [5.74, 6) is -3.44. The second-order valence-electron chi connectivity index (χ2n) is 7.91. The number of rotatable bonds is 4. The van der Waals surface area contributed by atoms with E-state index in [2.05, 4.69) is 21.3 Å². The summed E-state index contributed by atoms with van der Waals surface area (Å²) in [6.07, 6.45) is -2.45. The number of carbonyl (C=O) groups excluding carboxylic acids is 4. The third-order valence-corrected chi connectivity index (χ3v) is 4.62. The zero-order valence-electron chi connectivity index (χ0n) is 17.1. The van der Waals surface area contributed by atoms with E-state index in [1.807, 2.05) is 0 Å². The van der Waals surface area contributed by atoms with E-state index in [0.29, 0.717) is 0 Å². The average molecular weight is 400 g/mol. The fourth-order valence-electron chi connectivity index (χ4n) is 2.85. The maximum absolute atomic E-state index is 12.7. The molecule has 0 aromatic carbocycles. The molecule has 1 aliphatic rings. The Labute approximate surface area is 164 Å². The Balaban J connectivity index is 3.36. The summed E-state index contributed by atoms with van der Waals surface area (Å²) < 4.78 is 0. The fourth-order valence-corrected chi connectivity index (χ4v) is 2.85. The number of aliphatic hydroxyl groups excluding tert-OH is 2. The highest BCUT2D eigenvalue weighted by Gasteiger charge is 2.38. The number of nitrogens with one attached hydrogen (secondary N) is 4. The molecular formula is C18H32N4O6. The Hall–Kier alpha value is -2.20. The van der Waals surface area contributed by atoms with E-state index in [1.54, 1.807) is 27.7 Å². The van der Waals surface area contributed by atoms with E-state index < -0.39 is 60.0 Å². The van der Waals surface area contributed by atoms with Gasteiger partial charge in [0, 0.05) is 0 Å². The van der Waals surface area contributed by atoms with Gasteiger partial charge in [-0.1, -0.05) is 27.7 Å². The van der Waals surface area contributed by atoms with Crippen LogP contribution in [0.5, 0.6) is 0 Å². The van der Waals surface area contributed by atoms with Crippen LogP contribution in [0.3, 0.4) is 0 Å². The van der Waals surface area contributed by atoms with Crippen molar-refractivity contribution in [2.75, 3.05) is 0 Å². The molecule has 6 N–H and O–H groups in total. The second kappa shape index (κ2) is 9.83. The Morgan fingerprint density at radius 3 is 0.964 bits per heavy atom. The molecule has 0 aliphatic carbocycles. The zero-order chi connectivity index (χ0) is 21.8. The Morgan fingerprint density at radius 1 is 0.536 bits per heavy atom. The molecule has 1 heterocycles. The topological polar surface area (TPSA) is 157 Å². The lowest BCUT2D eigenvalue weighted by atomic mass is 9.98. The first-order chi connectivity index (χ1) is 12.9. The zero-order valence-corrected chi connectivity index (χ0v) is 17.1. The molecule has 28 heavy (non-hydrogen) atoms. The largest absolute Gasteiger partial charge is 0.391 e. The molecule has 6 atom stereocenters. The van der Waals surface area contributed by atoms with Crippen LogP contribution < -0.4 is 21.3 Å². The van der Waals surface area contributed by atoms with Crippen molar-refractivity contribution in [1.82, 2.24) is 21.3 Å². The summed E-state index contributed by atoms with van der Waals surface area (Å²) >= 11 is 0. The average Bonchev–Trinajstić information content (AvgIpc) is 2.57. The molecule has 1 saturated heterocycles. The van der Waals surface area contributed by atoms with Crippen molar-refractivity contribution in [1.29, 1.82) is 0 Å². The Morgan fingerprint density at radius 2 is 0.750 bits per heavy atom. The van der Waals surface area contributed by atoms with Crippen LogP contribution >= 0.6 is 0 Å². The minimum absolute atomic E-state index is 0.349. The number of hydrogen-bond acceptors (Lipinski definition) is 6. The molecule has 1 rings (SSSR count). The highest BCUT2D eigenvalue weighted by atomic mass is 16.3. The molecule has 0 spiro atoms. The van der Waals surface area contributed by atoms with Crippen molar-refractivity contribution in [2.45, 2.75) is 77.9 Å². The molecule has 4 amide bonds. The van der Waals surface area contributed by atoms with Crippen LogP contribution in [-0.4, -0.2) is 70.2 Å². The summed E-state index contributed by atoms with van der Waals surface area (Å²) in [7, 11) is 0. The third kappa shape index (κ3) is 5.90. The predicted octanol–water partition coefficient (Wildman–Crippen LogP) is -1.99. The van der Waals surface area contributed by atoms with Gasteiger partial charge in [-0.3, -0.25) is 19.2 Å². The third-order valence-electron chi connectivity index (χ3n) is 4.62. The lowest BCUT2D eigenvalue weighted by Crippen LogP contribution is -2.65. The van der Waals surface area contributed by atoms with E-state index in [9.17, 15) is 29.4 Å². The normalized spacial score (nSPS) is 29.8. The minimum atomic E-state index is -1.30. The first kappa shape index (κ1) is 23.8. The minimum Gasteiger partial charge on any atom is -0.391 e. The van der Waals surface area contributed by atoms with E-state index in [1.165, 1.54) is 13.8 Å². The summed E-state index contributed by atoms with van der Waals surface area (Å²) in [6.45, 7) is 9.45. The van der Waals surface area contributed by atoms with Crippen molar-refractivity contribution in [3.63, 3.8) is 0 Å². The summed E-state index contributed by atoms with van der Waals surface area (Å²) in [5.41, 5.74) is 0. The van der Waals surface area contributed by atoms with Crippen LogP contribution in [0.2, 0.25) is 0 Å². The van der Waals surface area contributed by atoms with Crippen LogP contribution in [0, 0.1) is 11.8 Å². The van der Waals surface area contributed by atoms with E-state index in [-0.39, 0.29) is 11.8 Å². The van der Waals surface area contributed by atoms with Crippen molar-refractivity contribution in [3.8, 4) is 0 Å². The standard InChI is InChI=1S/C18H32N4O6/c1-7(2)11-15(25)21-14(10(6)24)18(28)20-12(8(3)4)16(26)22-13(9(5)23)17(27)19-11/h7-14,23-24H,1-6H3,(H,19,27)(H,20,28)(H,21,25)(H,22,26)/t9-,10-,11+,12+,13+,14+/m1/s1. The van der Waals surface area contributed by atoms with Gasteiger partial charge in [-0.25, -0.2) is 0 Å². The molecule has 10 heteroatoms. The van der Waals surface area contributed by atoms with Crippen molar-refractivity contribution in [3.05, 3.63) is 0 Å². The quantitative estimate of drug-likeness (QED) is 0.321. The van der Waals surface area contributed by atoms with Crippen LogP contribution in [0.1, 0.15) is 41.5 Å². The fraction of sp³-hybridized carbons (Fsp3) is 0.778. The van der Waals surface area contributed by atoms with E-state index >= 15 is 0 Å². The number of hydrogen-bond donors (Lipinski definition) is 6. The number of aliphatic hydroxyl groups is 2. The molecule has 0 aromatic rings. The smallest absolute Gasteiger partial charge is 0.245 e.